The zero-order chi connectivity index (χ0) is 17.6. The molecule has 0 bridgehead atoms. The molecule has 0 fully saturated rings. The second kappa shape index (κ2) is 13.1. The van der Waals surface area contributed by atoms with E-state index in [0.717, 1.165) is 23.6 Å². The van der Waals surface area contributed by atoms with Gasteiger partial charge >= 0.3 is 6.03 Å². The predicted octanol–water partition coefficient (Wildman–Crippen LogP) is 5.15. The van der Waals surface area contributed by atoms with E-state index < -0.39 is 0 Å². The molecule has 1 aromatic carbocycles. The van der Waals surface area contributed by atoms with E-state index in [2.05, 4.69) is 24.5 Å². The smallest absolute Gasteiger partial charge is 0.319 e. The predicted molar refractivity (Wildman–Crippen MR) is 104 cm³/mol. The van der Waals surface area contributed by atoms with Crippen LogP contribution in [-0.4, -0.2) is 32.0 Å². The molecule has 24 heavy (non-hydrogen) atoms. The van der Waals surface area contributed by atoms with Gasteiger partial charge in [-0.05, 0) is 37.1 Å². The molecule has 0 aliphatic carbocycles. The summed E-state index contributed by atoms with van der Waals surface area (Å²) in [5.74, 6) is 0.671. The van der Waals surface area contributed by atoms with Crippen molar-refractivity contribution < 1.29 is 9.53 Å². The Bertz CT molecular complexity index is 468. The van der Waals surface area contributed by atoms with Gasteiger partial charge in [0.15, 0.2) is 0 Å². The van der Waals surface area contributed by atoms with Gasteiger partial charge in [-0.1, -0.05) is 45.2 Å². The van der Waals surface area contributed by atoms with Crippen LogP contribution < -0.4 is 10.6 Å². The van der Waals surface area contributed by atoms with Crippen LogP contribution >= 0.6 is 11.8 Å². The topological polar surface area (TPSA) is 50.4 Å². The molecule has 136 valence electrons. The summed E-state index contributed by atoms with van der Waals surface area (Å²) in [5, 5.41) is 5.77. The van der Waals surface area contributed by atoms with Crippen molar-refractivity contribution in [2.75, 3.05) is 31.3 Å². The molecule has 2 N–H and O–H groups in total. The van der Waals surface area contributed by atoms with Crippen molar-refractivity contribution in [3.8, 4) is 0 Å². The lowest BCUT2D eigenvalue weighted by Crippen LogP contribution is -2.30. The number of hydrogen-bond donors (Lipinski definition) is 2. The number of carbonyl (C=O) groups is 1. The molecule has 0 saturated heterocycles. The monoisotopic (exact) mass is 352 g/mol. The number of rotatable bonds is 12. The largest absolute Gasteiger partial charge is 0.381 e. The fourth-order valence-corrected chi connectivity index (χ4v) is 2.99. The zero-order valence-corrected chi connectivity index (χ0v) is 16.1. The molecule has 1 atom stereocenters. The number of urea groups is 1. The van der Waals surface area contributed by atoms with Crippen LogP contribution in [0.3, 0.4) is 0 Å². The average Bonchev–Trinajstić information content (AvgIpc) is 2.61. The summed E-state index contributed by atoms with van der Waals surface area (Å²) >= 11 is 1.62. The number of amides is 2. The molecule has 2 amide bonds. The van der Waals surface area contributed by atoms with Crippen molar-refractivity contribution in [2.45, 2.75) is 50.8 Å². The number of hydrogen-bond acceptors (Lipinski definition) is 3. The van der Waals surface area contributed by atoms with Crippen molar-refractivity contribution >= 4 is 23.5 Å². The van der Waals surface area contributed by atoms with E-state index in [0.29, 0.717) is 19.1 Å². The Morgan fingerprint density at radius 1 is 1.25 bits per heavy atom. The summed E-state index contributed by atoms with van der Waals surface area (Å²) in [6.07, 6.45) is 7.79. The van der Waals surface area contributed by atoms with Gasteiger partial charge in [0.2, 0.25) is 0 Å². The van der Waals surface area contributed by atoms with Crippen LogP contribution in [0.15, 0.2) is 29.2 Å². The first-order valence-electron chi connectivity index (χ1n) is 8.96. The lowest BCUT2D eigenvalue weighted by Gasteiger charge is -2.15. The maximum atomic E-state index is 11.9. The third-order valence-corrected chi connectivity index (χ3v) is 4.80. The second-order valence-electron chi connectivity index (χ2n) is 5.93. The van der Waals surface area contributed by atoms with Gasteiger partial charge in [0.25, 0.3) is 0 Å². The van der Waals surface area contributed by atoms with E-state index in [1.54, 1.807) is 11.8 Å². The number of benzene rings is 1. The highest BCUT2D eigenvalue weighted by Crippen LogP contribution is 2.24. The standard InChI is InChI=1S/C19H32N2O2S/c1-4-6-10-16(5-2)15-23-14-9-13-20-19(22)21-17-11-7-8-12-18(17)24-3/h7-8,11-12,16H,4-6,9-10,13-15H2,1-3H3,(H2,20,21,22). The van der Waals surface area contributed by atoms with Gasteiger partial charge in [-0.3, -0.25) is 0 Å². The van der Waals surface area contributed by atoms with Crippen LogP contribution in [0.4, 0.5) is 10.5 Å². The molecule has 0 heterocycles. The SMILES string of the molecule is CCCCC(CC)COCCCNC(=O)Nc1ccccc1SC. The molecule has 0 aromatic heterocycles. The molecule has 0 saturated carbocycles. The minimum atomic E-state index is -0.161. The Morgan fingerprint density at radius 3 is 2.75 bits per heavy atom. The van der Waals surface area contributed by atoms with Crippen molar-refractivity contribution in [1.82, 2.24) is 5.32 Å². The first kappa shape index (κ1) is 20.8. The number of unbranched alkanes of at least 4 members (excludes halogenated alkanes) is 1. The van der Waals surface area contributed by atoms with Gasteiger partial charge in [0.1, 0.15) is 0 Å². The summed E-state index contributed by atoms with van der Waals surface area (Å²) in [5.41, 5.74) is 0.848. The molecule has 1 unspecified atom stereocenters. The van der Waals surface area contributed by atoms with Crippen LogP contribution in [0.2, 0.25) is 0 Å². The minimum Gasteiger partial charge on any atom is -0.381 e. The third-order valence-electron chi connectivity index (χ3n) is 4.00. The molecule has 4 nitrogen and oxygen atoms in total. The summed E-state index contributed by atoms with van der Waals surface area (Å²) in [4.78, 5) is 13.0. The van der Waals surface area contributed by atoms with E-state index in [1.807, 2.05) is 30.5 Å². The lowest BCUT2D eigenvalue weighted by molar-refractivity contribution is 0.0925. The van der Waals surface area contributed by atoms with Gasteiger partial charge in [-0.15, -0.1) is 11.8 Å². The van der Waals surface area contributed by atoms with Crippen LogP contribution in [0.25, 0.3) is 0 Å². The highest BCUT2D eigenvalue weighted by Gasteiger charge is 2.07. The van der Waals surface area contributed by atoms with Gasteiger partial charge in [-0.2, -0.15) is 0 Å². The number of anilines is 1. The number of nitrogens with one attached hydrogen (secondary N) is 2. The van der Waals surface area contributed by atoms with E-state index >= 15 is 0 Å². The Hall–Kier alpha value is -1.20. The summed E-state index contributed by atoms with van der Waals surface area (Å²) in [6, 6.07) is 7.64. The maximum absolute atomic E-state index is 11.9. The molecule has 1 aromatic rings. The van der Waals surface area contributed by atoms with Crippen LogP contribution in [0.1, 0.15) is 46.0 Å². The molecular formula is C19H32N2O2S. The highest BCUT2D eigenvalue weighted by molar-refractivity contribution is 7.98. The molecule has 0 aliphatic heterocycles. The maximum Gasteiger partial charge on any atom is 0.319 e. The van der Waals surface area contributed by atoms with E-state index in [9.17, 15) is 4.79 Å². The third kappa shape index (κ3) is 8.60. The van der Waals surface area contributed by atoms with Crippen LogP contribution in [0, 0.1) is 5.92 Å². The van der Waals surface area contributed by atoms with Gasteiger partial charge in [0.05, 0.1) is 5.69 Å². The van der Waals surface area contributed by atoms with Crippen molar-refractivity contribution in [3.05, 3.63) is 24.3 Å². The molecule has 1 rings (SSSR count). The van der Waals surface area contributed by atoms with Crippen LogP contribution in [0.5, 0.6) is 0 Å². The van der Waals surface area contributed by atoms with E-state index in [1.165, 1.54) is 25.7 Å². The summed E-state index contributed by atoms with van der Waals surface area (Å²) in [6.45, 7) is 6.61. The number of carbonyl (C=O) groups excluding carboxylic acids is 1. The van der Waals surface area contributed by atoms with Gasteiger partial charge < -0.3 is 15.4 Å². The average molecular weight is 353 g/mol. The number of para-hydroxylation sites is 1. The Morgan fingerprint density at radius 2 is 2.04 bits per heavy atom. The van der Waals surface area contributed by atoms with Crippen molar-refractivity contribution in [1.29, 1.82) is 0 Å². The molecule has 0 radical (unpaired) electrons. The fraction of sp³-hybridized carbons (Fsp3) is 0.632. The van der Waals surface area contributed by atoms with Crippen molar-refractivity contribution in [3.63, 3.8) is 0 Å². The van der Waals surface area contributed by atoms with E-state index in [4.69, 9.17) is 4.74 Å². The zero-order valence-electron chi connectivity index (χ0n) is 15.3. The molecular weight excluding hydrogens is 320 g/mol. The molecule has 5 heteroatoms. The number of thioether (sulfide) groups is 1. The molecule has 0 spiro atoms. The molecule has 0 aliphatic rings. The van der Waals surface area contributed by atoms with E-state index in [-0.39, 0.29) is 6.03 Å². The van der Waals surface area contributed by atoms with Gasteiger partial charge in [0, 0.05) is 24.7 Å². The highest BCUT2D eigenvalue weighted by atomic mass is 32.2. The first-order chi connectivity index (χ1) is 11.7. The fourth-order valence-electron chi connectivity index (χ4n) is 2.44. The Balaban J connectivity index is 2.13. The summed E-state index contributed by atoms with van der Waals surface area (Å²) in [7, 11) is 0. The number of ether oxygens (including phenoxy) is 1. The Kier molecular flexibility index (Phi) is 11.4. The van der Waals surface area contributed by atoms with Crippen molar-refractivity contribution in [2.24, 2.45) is 5.92 Å². The first-order valence-corrected chi connectivity index (χ1v) is 10.2. The minimum absolute atomic E-state index is 0.161. The quantitative estimate of drug-likeness (QED) is 0.404. The lowest BCUT2D eigenvalue weighted by atomic mass is 10.0. The normalized spacial score (nSPS) is 12.0. The Labute approximate surface area is 151 Å². The second-order valence-corrected chi connectivity index (χ2v) is 6.77. The van der Waals surface area contributed by atoms with Gasteiger partial charge in [-0.25, -0.2) is 4.79 Å². The summed E-state index contributed by atoms with van der Waals surface area (Å²) < 4.78 is 5.75. The van der Waals surface area contributed by atoms with Crippen LogP contribution in [-0.2, 0) is 4.74 Å².